The zero-order chi connectivity index (χ0) is 14.9. The van der Waals surface area contributed by atoms with Crippen LogP contribution in [-0.2, 0) is 4.79 Å². The number of hydrogen-bond donors (Lipinski definition) is 1. The van der Waals surface area contributed by atoms with Gasteiger partial charge in [0.25, 0.3) is 0 Å². The maximum atomic E-state index is 12.4. The highest BCUT2D eigenvalue weighted by atomic mass is 79.9. The minimum absolute atomic E-state index is 0.131. The zero-order valence-corrected chi connectivity index (χ0v) is 14.8. The first-order valence-corrected chi connectivity index (χ1v) is 9.55. The third-order valence-electron chi connectivity index (χ3n) is 3.74. The second-order valence-electron chi connectivity index (χ2n) is 5.06. The van der Waals surface area contributed by atoms with Crippen molar-refractivity contribution in [1.82, 2.24) is 9.71 Å². The van der Waals surface area contributed by atoms with Crippen LogP contribution in [0.3, 0.4) is 0 Å². The molecule has 1 N–H and O–H groups in total. The second kappa shape index (κ2) is 6.18. The molecule has 1 amide bonds. The zero-order valence-electron chi connectivity index (χ0n) is 11.6. The van der Waals surface area contributed by atoms with Gasteiger partial charge in [0.1, 0.15) is 0 Å². The fourth-order valence-electron chi connectivity index (χ4n) is 2.45. The van der Waals surface area contributed by atoms with E-state index in [1.54, 1.807) is 11.8 Å². The van der Waals surface area contributed by atoms with Gasteiger partial charge >= 0.3 is 0 Å². The largest absolute Gasteiger partial charge is 0.299 e. The molecule has 21 heavy (non-hydrogen) atoms. The van der Waals surface area contributed by atoms with Crippen LogP contribution >= 0.6 is 39.6 Å². The molecule has 2 aromatic rings. The Morgan fingerprint density at radius 3 is 2.86 bits per heavy atom. The summed E-state index contributed by atoms with van der Waals surface area (Å²) >= 11 is 6.56. The Morgan fingerprint density at radius 1 is 1.38 bits per heavy atom. The number of halogens is 1. The molecular formula is C15H15BrN2OS2. The lowest BCUT2D eigenvalue weighted by Crippen LogP contribution is -2.47. The predicted molar refractivity (Wildman–Crippen MR) is 93.5 cm³/mol. The molecule has 6 heteroatoms. The number of amides is 1. The number of aromatic nitrogens is 1. The standard InChI is InChI=1S/C15H15BrN2OS2/c1-20-18-14(19)15(6-2-7-15)21-13-5-8-17-12-4-3-10(16)9-11(12)13/h3-5,8-9H,2,6-7H2,1H3,(H,18,19). The van der Waals surface area contributed by atoms with Crippen molar-refractivity contribution in [2.45, 2.75) is 28.9 Å². The maximum absolute atomic E-state index is 12.4. The van der Waals surface area contributed by atoms with Gasteiger partial charge in [-0.3, -0.25) is 14.5 Å². The lowest BCUT2D eigenvalue weighted by atomic mass is 9.84. The Bertz CT molecular complexity index is 688. The van der Waals surface area contributed by atoms with Gasteiger partial charge in [-0.25, -0.2) is 0 Å². The van der Waals surface area contributed by atoms with E-state index in [0.29, 0.717) is 0 Å². The molecule has 110 valence electrons. The summed E-state index contributed by atoms with van der Waals surface area (Å²) in [5.41, 5.74) is 0.961. The van der Waals surface area contributed by atoms with Crippen molar-refractivity contribution in [3.05, 3.63) is 34.9 Å². The first-order valence-electron chi connectivity index (χ1n) is 6.71. The molecule has 1 aliphatic carbocycles. The summed E-state index contributed by atoms with van der Waals surface area (Å²) in [4.78, 5) is 17.9. The molecule has 0 aliphatic heterocycles. The number of rotatable bonds is 4. The van der Waals surface area contributed by atoms with Gasteiger partial charge in [0.15, 0.2) is 0 Å². The van der Waals surface area contributed by atoms with Gasteiger partial charge in [-0.2, -0.15) is 0 Å². The molecule has 0 bridgehead atoms. The molecule has 1 saturated carbocycles. The van der Waals surface area contributed by atoms with Gasteiger partial charge < -0.3 is 0 Å². The predicted octanol–water partition coefficient (Wildman–Crippen LogP) is 4.41. The fourth-order valence-corrected chi connectivity index (χ4v) is 4.72. The van der Waals surface area contributed by atoms with E-state index in [0.717, 1.165) is 39.5 Å². The van der Waals surface area contributed by atoms with Crippen LogP contribution in [0.25, 0.3) is 10.9 Å². The smallest absolute Gasteiger partial charge is 0.246 e. The van der Waals surface area contributed by atoms with Crippen LogP contribution in [0.5, 0.6) is 0 Å². The van der Waals surface area contributed by atoms with E-state index >= 15 is 0 Å². The van der Waals surface area contributed by atoms with Gasteiger partial charge in [0, 0.05) is 27.2 Å². The molecule has 0 unspecified atom stereocenters. The number of nitrogens with zero attached hydrogens (tertiary/aromatic N) is 1. The van der Waals surface area contributed by atoms with Gasteiger partial charge in [-0.05, 0) is 43.5 Å². The molecule has 0 saturated heterocycles. The summed E-state index contributed by atoms with van der Waals surface area (Å²) in [6, 6.07) is 8.07. The summed E-state index contributed by atoms with van der Waals surface area (Å²) in [7, 11) is 0. The van der Waals surface area contributed by atoms with Crippen LogP contribution in [0.15, 0.2) is 39.8 Å². The lowest BCUT2D eigenvalue weighted by Gasteiger charge is -2.39. The van der Waals surface area contributed by atoms with Crippen LogP contribution in [0.1, 0.15) is 19.3 Å². The molecule has 3 nitrogen and oxygen atoms in total. The fraction of sp³-hybridized carbons (Fsp3) is 0.333. The molecule has 0 spiro atoms. The third-order valence-corrected chi connectivity index (χ3v) is 6.18. The molecule has 1 heterocycles. The number of pyridine rings is 1. The SMILES string of the molecule is CSNC(=O)C1(Sc2ccnc3ccc(Br)cc23)CCC1. The van der Waals surface area contributed by atoms with Crippen LogP contribution in [0.4, 0.5) is 0 Å². The Kier molecular flexibility index (Phi) is 4.47. The van der Waals surface area contributed by atoms with Crippen LogP contribution in [0, 0.1) is 0 Å². The molecule has 0 radical (unpaired) electrons. The highest BCUT2D eigenvalue weighted by Crippen LogP contribution is 2.49. The second-order valence-corrected chi connectivity index (χ2v) is 8.01. The summed E-state index contributed by atoms with van der Waals surface area (Å²) < 4.78 is 3.61. The number of nitrogens with one attached hydrogen (secondary N) is 1. The van der Waals surface area contributed by atoms with Crippen LogP contribution in [0.2, 0.25) is 0 Å². The Labute approximate surface area is 140 Å². The van der Waals surface area contributed by atoms with Gasteiger partial charge in [-0.15, -0.1) is 11.8 Å². The van der Waals surface area contributed by atoms with E-state index in [9.17, 15) is 4.79 Å². The first kappa shape index (κ1) is 15.2. The third kappa shape index (κ3) is 2.94. The van der Waals surface area contributed by atoms with E-state index in [-0.39, 0.29) is 10.7 Å². The van der Waals surface area contributed by atoms with Gasteiger partial charge in [0.05, 0.1) is 10.3 Å². The number of carbonyl (C=O) groups excluding carboxylic acids is 1. The first-order chi connectivity index (χ1) is 10.1. The summed E-state index contributed by atoms with van der Waals surface area (Å²) in [6.45, 7) is 0. The van der Waals surface area contributed by atoms with E-state index in [2.05, 4.69) is 31.7 Å². The quantitative estimate of drug-likeness (QED) is 0.795. The topological polar surface area (TPSA) is 42.0 Å². The maximum Gasteiger partial charge on any atom is 0.246 e. The van der Waals surface area contributed by atoms with Gasteiger partial charge in [0.2, 0.25) is 5.91 Å². The molecule has 3 rings (SSSR count). The Hall–Kier alpha value is -0.720. The van der Waals surface area contributed by atoms with Crippen LogP contribution < -0.4 is 4.72 Å². The van der Waals surface area contributed by atoms with E-state index in [1.165, 1.54) is 11.9 Å². The highest BCUT2D eigenvalue weighted by Gasteiger charge is 2.45. The minimum atomic E-state index is -0.320. The highest BCUT2D eigenvalue weighted by molar-refractivity contribution is 9.10. The molecule has 1 fully saturated rings. The number of carbonyl (C=O) groups is 1. The number of benzene rings is 1. The van der Waals surface area contributed by atoms with Crippen molar-refractivity contribution < 1.29 is 4.79 Å². The van der Waals surface area contributed by atoms with Gasteiger partial charge in [-0.1, -0.05) is 27.9 Å². The van der Waals surface area contributed by atoms with Crippen molar-refractivity contribution in [1.29, 1.82) is 0 Å². The lowest BCUT2D eigenvalue weighted by molar-refractivity contribution is -0.123. The molecule has 1 aliphatic rings. The minimum Gasteiger partial charge on any atom is -0.299 e. The van der Waals surface area contributed by atoms with E-state index < -0.39 is 0 Å². The van der Waals surface area contributed by atoms with Crippen molar-refractivity contribution in [3.63, 3.8) is 0 Å². The van der Waals surface area contributed by atoms with Crippen molar-refractivity contribution in [2.75, 3.05) is 6.26 Å². The van der Waals surface area contributed by atoms with E-state index in [4.69, 9.17) is 0 Å². The average Bonchev–Trinajstić information content (AvgIpc) is 2.43. The normalized spacial score (nSPS) is 16.5. The average molecular weight is 383 g/mol. The molecule has 0 atom stereocenters. The summed E-state index contributed by atoms with van der Waals surface area (Å²) in [5, 5.41) is 1.10. The number of thioether (sulfide) groups is 1. The Morgan fingerprint density at radius 2 is 2.19 bits per heavy atom. The summed E-state index contributed by atoms with van der Waals surface area (Å²) in [5.74, 6) is 0.131. The number of hydrogen-bond acceptors (Lipinski definition) is 4. The van der Waals surface area contributed by atoms with Crippen molar-refractivity contribution in [2.24, 2.45) is 0 Å². The molecule has 1 aromatic carbocycles. The van der Waals surface area contributed by atoms with Crippen molar-refractivity contribution in [3.8, 4) is 0 Å². The molecule has 1 aromatic heterocycles. The Balaban J connectivity index is 1.97. The number of fused-ring (bicyclic) bond motifs is 1. The monoisotopic (exact) mass is 382 g/mol. The van der Waals surface area contributed by atoms with E-state index in [1.807, 2.05) is 30.7 Å². The van der Waals surface area contributed by atoms with Crippen molar-refractivity contribution >= 4 is 56.4 Å². The van der Waals surface area contributed by atoms with Crippen LogP contribution in [-0.4, -0.2) is 21.9 Å². The summed E-state index contributed by atoms with van der Waals surface area (Å²) in [6.07, 6.45) is 6.68. The molecular weight excluding hydrogens is 368 g/mol.